The molecule has 13 aromatic rings. The molecule has 486 valence electrons. The van der Waals surface area contributed by atoms with Gasteiger partial charge in [0.2, 0.25) is 0 Å². The van der Waals surface area contributed by atoms with Crippen LogP contribution in [-0.4, -0.2) is 34.3 Å². The van der Waals surface area contributed by atoms with E-state index in [1.165, 1.54) is 0 Å². The summed E-state index contributed by atoms with van der Waals surface area (Å²) in [4.78, 5) is 30.4. The highest BCUT2D eigenvalue weighted by Gasteiger charge is 2.19. The molecule has 13 rings (SSSR count). The van der Waals surface area contributed by atoms with Gasteiger partial charge in [0.05, 0.1) is 57.0 Å². The highest BCUT2D eigenvalue weighted by atomic mass is 19.1. The lowest BCUT2D eigenvalue weighted by Crippen LogP contribution is -2.05. The van der Waals surface area contributed by atoms with Crippen molar-refractivity contribution in [1.29, 1.82) is 0 Å². The Morgan fingerprint density at radius 2 is 0.290 bits per heavy atom. The fraction of sp³-hybridized carbons (Fsp3) is 0. The third-order valence-electron chi connectivity index (χ3n) is 16.5. The summed E-state index contributed by atoms with van der Waals surface area (Å²) in [6, 6.07) is 91.2. The first-order valence-electron chi connectivity index (χ1n) is 31.9. The fourth-order valence-corrected chi connectivity index (χ4v) is 11.1. The first-order chi connectivity index (χ1) is 48.6. The van der Waals surface area contributed by atoms with Crippen LogP contribution in [0.5, 0.6) is 0 Å². The fourth-order valence-electron chi connectivity index (χ4n) is 11.1. The van der Waals surface area contributed by atoms with Crippen molar-refractivity contribution in [3.05, 3.63) is 382 Å². The first kappa shape index (κ1) is 64.8. The van der Waals surface area contributed by atoms with Crippen LogP contribution in [0.25, 0.3) is 0 Å². The summed E-state index contributed by atoms with van der Waals surface area (Å²) in [5.41, 5.74) is 68.0. The Hall–Kier alpha value is -13.9. The van der Waals surface area contributed by atoms with Gasteiger partial charge < -0.3 is 45.9 Å². The number of aliphatic imine (C=N–C) groups is 6. The van der Waals surface area contributed by atoms with Gasteiger partial charge in [0.25, 0.3) is 0 Å². The quantitative estimate of drug-likeness (QED) is 0.0301. The predicted octanol–water partition coefficient (Wildman–Crippen LogP) is 17.6. The van der Waals surface area contributed by atoms with Crippen molar-refractivity contribution in [1.82, 2.24) is 0 Å². The molecule has 0 bridgehead atoms. The minimum Gasteiger partial charge on any atom is -0.399 e. The monoisotopic (exact) mass is 1310 g/mol. The van der Waals surface area contributed by atoms with Crippen molar-refractivity contribution in [2.24, 2.45) is 30.0 Å². The number of benzene rings is 13. The number of nitrogens with zero attached hydrogens (tertiary/aromatic N) is 6. The SMILES string of the molecule is Nc1ccc(C(=Nc2ccc(C(=Nc3cc(F)c(N=C(c4ccc(N=C(c5ccc(N)cc5)c5ccc(N)cc5)cc4)c4ccc(N=C(c5ccc(N)cc5)c5ccc(N)cc5)cc4)cc3F)c3ccc(N=C(c4ccc(N)cc4)c4ccc(N)cc4)cc3)cc2)c2ccc(N)cc2)cc1. The van der Waals surface area contributed by atoms with Gasteiger partial charge in [-0.05, 0) is 146 Å². The number of nitrogens with two attached hydrogens (primary N) is 8. The van der Waals surface area contributed by atoms with Crippen molar-refractivity contribution in [2.75, 3.05) is 45.9 Å². The molecule has 0 aliphatic rings. The first-order valence-corrected chi connectivity index (χ1v) is 31.9. The zero-order valence-corrected chi connectivity index (χ0v) is 53.9. The smallest absolute Gasteiger partial charge is 0.151 e. The lowest BCUT2D eigenvalue weighted by atomic mass is 9.99. The molecule has 0 saturated heterocycles. The van der Waals surface area contributed by atoms with Crippen molar-refractivity contribution < 1.29 is 8.78 Å². The molecule has 16 heteroatoms. The molecule has 0 aliphatic carbocycles. The van der Waals surface area contributed by atoms with Gasteiger partial charge in [-0.15, -0.1) is 0 Å². The number of nitrogen functional groups attached to an aromatic ring is 8. The summed E-state index contributed by atoms with van der Waals surface area (Å²) in [5, 5.41) is 0. The van der Waals surface area contributed by atoms with E-state index in [1.54, 1.807) is 0 Å². The predicted molar refractivity (Wildman–Crippen MR) is 411 cm³/mol. The van der Waals surface area contributed by atoms with Gasteiger partial charge in [-0.25, -0.2) is 38.7 Å². The zero-order valence-electron chi connectivity index (χ0n) is 53.9. The number of rotatable bonds is 18. The van der Waals surface area contributed by atoms with E-state index in [0.29, 0.717) is 125 Å². The molecule has 0 aromatic heterocycles. The molecule has 13 aromatic carbocycles. The molecule has 0 amide bonds. The molecule has 0 saturated carbocycles. The van der Waals surface area contributed by atoms with Crippen molar-refractivity contribution in [3.63, 3.8) is 0 Å². The average molecular weight is 1310 g/mol. The molecule has 0 heterocycles. The van der Waals surface area contributed by atoms with Crippen LogP contribution in [0.4, 0.5) is 88.4 Å². The van der Waals surface area contributed by atoms with E-state index in [-0.39, 0.29) is 11.4 Å². The highest BCUT2D eigenvalue weighted by Crippen LogP contribution is 2.34. The molecule has 14 nitrogen and oxygen atoms in total. The molecule has 0 radical (unpaired) electrons. The zero-order chi connectivity index (χ0) is 69.2. The minimum atomic E-state index is -0.835. The number of anilines is 8. The second kappa shape index (κ2) is 29.0. The summed E-state index contributed by atoms with van der Waals surface area (Å²) < 4.78 is 34.7. The lowest BCUT2D eigenvalue weighted by molar-refractivity contribution is 0.604. The van der Waals surface area contributed by atoms with E-state index >= 15 is 8.78 Å². The van der Waals surface area contributed by atoms with Gasteiger partial charge in [0.1, 0.15) is 11.4 Å². The van der Waals surface area contributed by atoms with Gasteiger partial charge in [0.15, 0.2) is 11.6 Å². The Morgan fingerprint density at radius 3 is 0.430 bits per heavy atom. The molecule has 100 heavy (non-hydrogen) atoms. The van der Waals surface area contributed by atoms with E-state index in [0.717, 1.165) is 56.6 Å². The maximum Gasteiger partial charge on any atom is 0.151 e. The summed E-state index contributed by atoms with van der Waals surface area (Å²) in [6.45, 7) is 0. The molecule has 0 fully saturated rings. The highest BCUT2D eigenvalue weighted by molar-refractivity contribution is 6.19. The van der Waals surface area contributed by atoms with Crippen LogP contribution < -0.4 is 45.9 Å². The van der Waals surface area contributed by atoms with E-state index in [1.807, 2.05) is 291 Å². The normalized spacial score (nSPS) is 10.8. The van der Waals surface area contributed by atoms with Crippen LogP contribution in [0, 0.1) is 11.6 Å². The number of hydrogen-bond acceptors (Lipinski definition) is 14. The van der Waals surface area contributed by atoms with Crippen LogP contribution in [0.2, 0.25) is 0 Å². The van der Waals surface area contributed by atoms with Gasteiger partial charge >= 0.3 is 0 Å². The van der Waals surface area contributed by atoms with Gasteiger partial charge in [-0.3, -0.25) is 0 Å². The Labute approximate surface area is 577 Å². The Bertz CT molecular complexity index is 4440. The largest absolute Gasteiger partial charge is 0.399 e. The van der Waals surface area contributed by atoms with E-state index in [4.69, 9.17) is 75.8 Å². The molecule has 0 atom stereocenters. The van der Waals surface area contributed by atoms with Crippen LogP contribution in [-0.2, 0) is 0 Å². The summed E-state index contributed by atoms with van der Waals surface area (Å²) >= 11 is 0. The summed E-state index contributed by atoms with van der Waals surface area (Å²) in [6.07, 6.45) is 0. The third-order valence-corrected chi connectivity index (χ3v) is 16.5. The average Bonchev–Trinajstić information content (AvgIpc) is 0.804. The second-order valence-corrected chi connectivity index (χ2v) is 23.7. The molecule has 0 aliphatic heterocycles. The van der Waals surface area contributed by atoms with Crippen LogP contribution >= 0.6 is 0 Å². The second-order valence-electron chi connectivity index (χ2n) is 23.7. The Morgan fingerprint density at radius 1 is 0.170 bits per heavy atom. The van der Waals surface area contributed by atoms with Crippen LogP contribution in [0.3, 0.4) is 0 Å². The number of hydrogen-bond donors (Lipinski definition) is 8. The van der Waals surface area contributed by atoms with Crippen molar-refractivity contribution in [2.45, 2.75) is 0 Å². The maximum atomic E-state index is 17.4. The van der Waals surface area contributed by atoms with E-state index in [2.05, 4.69) is 0 Å². The molecule has 16 N–H and O–H groups in total. The summed E-state index contributed by atoms with van der Waals surface area (Å²) in [7, 11) is 0. The standard InChI is InChI=1S/C84H66F2N14/c85-75-50-78(100-84(61-21-45-73(46-22-61)97-81(55-9-33-67(91)34-10-55)56-11-35-68(92)36-12-56)62-23-47-74(48-24-62)98-82(57-13-37-69(93)38-14-57)58-15-39-70(94)40-16-58)76(86)49-77(75)99-83(59-17-41-71(42-18-59)95-79(51-1-25-63(87)26-2-51)52-3-27-64(88)28-4-52)60-19-43-72(44-20-60)96-80(53-5-29-65(89)30-6-53)54-7-31-66(90)32-8-54/h1-50H,87-94H2. The lowest BCUT2D eigenvalue weighted by Gasteiger charge is -2.13. The van der Waals surface area contributed by atoms with Gasteiger partial charge in [-0.1, -0.05) is 146 Å². The molecular formula is C84H66F2N14. The van der Waals surface area contributed by atoms with Crippen molar-refractivity contribution in [3.8, 4) is 0 Å². The van der Waals surface area contributed by atoms with E-state index < -0.39 is 11.6 Å². The molecule has 0 unspecified atom stereocenters. The summed E-state index contributed by atoms with van der Waals surface area (Å²) in [5.74, 6) is -1.67. The van der Waals surface area contributed by atoms with Crippen LogP contribution in [0.15, 0.2) is 333 Å². The third kappa shape index (κ3) is 15.4. The van der Waals surface area contributed by atoms with Crippen molar-refractivity contribution >= 4 is 114 Å². The molecule has 0 spiro atoms. The number of halogens is 2. The Kier molecular flexibility index (Phi) is 18.8. The molecular weight excluding hydrogens is 1240 g/mol. The minimum absolute atomic E-state index is 0.277. The van der Waals surface area contributed by atoms with E-state index in [9.17, 15) is 0 Å². The maximum absolute atomic E-state index is 17.4. The van der Waals surface area contributed by atoms with Gasteiger partial charge in [0, 0.05) is 124 Å². The van der Waals surface area contributed by atoms with Gasteiger partial charge in [-0.2, -0.15) is 0 Å². The van der Waals surface area contributed by atoms with Crippen LogP contribution in [0.1, 0.15) is 66.8 Å². The Balaban J connectivity index is 0.914. The topological polar surface area (TPSA) is 282 Å².